The smallest absolute Gasteiger partial charge is 0.220 e. The third-order valence-electron chi connectivity index (χ3n) is 10.3. The molecule has 0 aromatic carbocycles. The summed E-state index contributed by atoms with van der Waals surface area (Å²) >= 11 is 0. The first kappa shape index (κ1) is 55.0. The van der Waals surface area contributed by atoms with Gasteiger partial charge >= 0.3 is 0 Å². The van der Waals surface area contributed by atoms with Gasteiger partial charge in [0.1, 0.15) is 0 Å². The molecule has 0 saturated heterocycles. The van der Waals surface area contributed by atoms with E-state index in [1.54, 1.807) is 6.08 Å². The monoisotopic (exact) mass is 802 g/mol. The van der Waals surface area contributed by atoms with E-state index in [0.29, 0.717) is 6.42 Å². The molecule has 0 aliphatic heterocycles. The maximum atomic E-state index is 12.4. The Balaban J connectivity index is 3.64. The first-order valence-electron chi connectivity index (χ1n) is 24.1. The van der Waals surface area contributed by atoms with Crippen molar-refractivity contribution in [1.82, 2.24) is 5.32 Å². The normalized spacial score (nSPS) is 13.9. The van der Waals surface area contributed by atoms with Gasteiger partial charge in [-0.3, -0.25) is 4.79 Å². The molecule has 0 fully saturated rings. The van der Waals surface area contributed by atoms with Crippen LogP contribution in [-0.2, 0) is 4.79 Å². The summed E-state index contributed by atoms with van der Waals surface area (Å²) < 4.78 is 0. The van der Waals surface area contributed by atoms with Crippen LogP contribution in [0.4, 0.5) is 0 Å². The van der Waals surface area contributed by atoms with Gasteiger partial charge in [-0.25, -0.2) is 0 Å². The Morgan fingerprint density at radius 1 is 0.431 bits per heavy atom. The minimum atomic E-state index is -0.849. The number of hydrogen-bond donors (Lipinski definition) is 3. The molecule has 0 aromatic rings. The number of rotatable bonds is 42. The Hall–Kier alpha value is -2.95. The summed E-state index contributed by atoms with van der Waals surface area (Å²) in [5.74, 6) is -0.0784. The summed E-state index contributed by atoms with van der Waals surface area (Å²) in [7, 11) is 0. The van der Waals surface area contributed by atoms with E-state index in [-0.39, 0.29) is 12.5 Å². The lowest BCUT2D eigenvalue weighted by atomic mass is 10.0. The van der Waals surface area contributed by atoms with Crippen LogP contribution in [-0.4, -0.2) is 34.9 Å². The molecule has 0 radical (unpaired) electrons. The maximum Gasteiger partial charge on any atom is 0.220 e. The Bertz CT molecular complexity index is 1140. The Labute approximate surface area is 359 Å². The van der Waals surface area contributed by atoms with Crippen molar-refractivity contribution in [3.8, 4) is 0 Å². The Kier molecular flexibility index (Phi) is 46.0. The maximum absolute atomic E-state index is 12.4. The minimum absolute atomic E-state index is 0.0784. The Morgan fingerprint density at radius 3 is 1.14 bits per heavy atom. The van der Waals surface area contributed by atoms with Gasteiger partial charge in [-0.15, -0.1) is 0 Å². The van der Waals surface area contributed by atoms with Crippen LogP contribution in [0.1, 0.15) is 206 Å². The van der Waals surface area contributed by atoms with Crippen molar-refractivity contribution in [2.75, 3.05) is 6.61 Å². The van der Waals surface area contributed by atoms with E-state index in [1.807, 2.05) is 6.08 Å². The van der Waals surface area contributed by atoms with Crippen molar-refractivity contribution < 1.29 is 15.0 Å². The highest BCUT2D eigenvalue weighted by Crippen LogP contribution is 2.13. The van der Waals surface area contributed by atoms with Crippen LogP contribution in [0.2, 0.25) is 0 Å². The average Bonchev–Trinajstić information content (AvgIpc) is 3.23. The van der Waals surface area contributed by atoms with Crippen molar-refractivity contribution in [1.29, 1.82) is 0 Å². The summed E-state index contributed by atoms with van der Waals surface area (Å²) in [5, 5.41) is 23.0. The summed E-state index contributed by atoms with van der Waals surface area (Å²) in [6.07, 6.45) is 73.5. The number of unbranched alkanes of at least 4 members (excludes halogenated alkanes) is 19. The van der Waals surface area contributed by atoms with Crippen LogP contribution in [0.3, 0.4) is 0 Å². The molecule has 2 atom stereocenters. The molecule has 4 heteroatoms. The highest BCUT2D eigenvalue weighted by molar-refractivity contribution is 5.76. The minimum Gasteiger partial charge on any atom is -0.394 e. The molecule has 0 aromatic heterocycles. The molecular formula is C54H91NO3. The molecule has 0 saturated carbocycles. The molecule has 0 spiro atoms. The number of carbonyl (C=O) groups is 1. The van der Waals surface area contributed by atoms with Crippen LogP contribution in [0.5, 0.6) is 0 Å². The van der Waals surface area contributed by atoms with Gasteiger partial charge < -0.3 is 15.5 Å². The fourth-order valence-electron chi connectivity index (χ4n) is 6.60. The van der Waals surface area contributed by atoms with E-state index >= 15 is 0 Å². The van der Waals surface area contributed by atoms with Gasteiger partial charge in [0.2, 0.25) is 5.91 Å². The SMILES string of the molecule is CC/C=C\C/C=C\C/C=C\C/C=C\C/C=C\C/C=C\C/C=C\C/C=C\CCCCCCCCCCC(=O)NC(CO)C(O)/C=C/CCCCCCCCCCCCC. The molecule has 1 amide bonds. The number of nitrogens with one attached hydrogen (secondary N) is 1. The standard InChI is InChI=1S/C54H91NO3/c1-3-5-7-9-11-13-15-17-18-19-20-21-22-23-24-25-26-27-28-29-30-31-32-33-34-35-36-38-40-42-44-46-48-50-54(58)55-52(51-56)53(57)49-47-45-43-41-39-37-16-14-12-10-8-6-4-2/h5,7,11,13,17-18,20-21,23-24,26-27,29-30,32-33,47,49,52-53,56-57H,3-4,6,8-10,12,14-16,19,22,25,28,31,34-46,48,50-51H2,1-2H3,(H,55,58)/b7-5-,13-11-,18-17-,21-20-,24-23-,27-26-,30-29-,33-32-,49-47+. The number of aliphatic hydroxyl groups excluding tert-OH is 2. The molecule has 3 N–H and O–H groups in total. The van der Waals surface area contributed by atoms with Crippen molar-refractivity contribution >= 4 is 5.91 Å². The lowest BCUT2D eigenvalue weighted by Crippen LogP contribution is -2.45. The van der Waals surface area contributed by atoms with Crippen molar-refractivity contribution in [3.05, 3.63) is 109 Å². The molecule has 0 aliphatic rings. The molecule has 0 aliphatic carbocycles. The van der Waals surface area contributed by atoms with Gasteiger partial charge in [-0.1, -0.05) is 226 Å². The second-order valence-corrected chi connectivity index (χ2v) is 15.8. The van der Waals surface area contributed by atoms with Gasteiger partial charge in [-0.2, -0.15) is 0 Å². The van der Waals surface area contributed by atoms with E-state index in [2.05, 4.69) is 116 Å². The van der Waals surface area contributed by atoms with Crippen molar-refractivity contribution in [2.24, 2.45) is 0 Å². The van der Waals surface area contributed by atoms with Crippen LogP contribution >= 0.6 is 0 Å². The molecule has 330 valence electrons. The van der Waals surface area contributed by atoms with E-state index in [4.69, 9.17) is 0 Å². The summed E-state index contributed by atoms with van der Waals surface area (Å²) in [6, 6.07) is -0.633. The zero-order valence-electron chi connectivity index (χ0n) is 37.8. The number of aliphatic hydroxyl groups is 2. The highest BCUT2D eigenvalue weighted by Gasteiger charge is 2.17. The Morgan fingerprint density at radius 2 is 0.759 bits per heavy atom. The fourth-order valence-corrected chi connectivity index (χ4v) is 6.60. The first-order valence-corrected chi connectivity index (χ1v) is 24.1. The van der Waals surface area contributed by atoms with E-state index < -0.39 is 12.1 Å². The van der Waals surface area contributed by atoms with Crippen LogP contribution < -0.4 is 5.32 Å². The van der Waals surface area contributed by atoms with Gasteiger partial charge in [0.15, 0.2) is 0 Å². The lowest BCUT2D eigenvalue weighted by Gasteiger charge is -2.20. The van der Waals surface area contributed by atoms with Crippen molar-refractivity contribution in [2.45, 2.75) is 219 Å². The highest BCUT2D eigenvalue weighted by atomic mass is 16.3. The third kappa shape index (κ3) is 44.2. The predicted molar refractivity (Wildman–Crippen MR) is 257 cm³/mol. The number of hydrogen-bond acceptors (Lipinski definition) is 3. The topological polar surface area (TPSA) is 69.6 Å². The quantitative estimate of drug-likeness (QED) is 0.0425. The van der Waals surface area contributed by atoms with Crippen LogP contribution in [0, 0.1) is 0 Å². The summed E-state index contributed by atoms with van der Waals surface area (Å²) in [6.45, 7) is 4.17. The molecule has 58 heavy (non-hydrogen) atoms. The molecule has 0 rings (SSSR count). The summed E-state index contributed by atoms with van der Waals surface area (Å²) in [4.78, 5) is 12.4. The van der Waals surface area contributed by atoms with E-state index in [0.717, 1.165) is 89.9 Å². The number of carbonyl (C=O) groups excluding carboxylic acids is 1. The summed E-state index contributed by atoms with van der Waals surface area (Å²) in [5.41, 5.74) is 0. The van der Waals surface area contributed by atoms with Gasteiger partial charge in [0, 0.05) is 6.42 Å². The van der Waals surface area contributed by atoms with E-state index in [1.165, 1.54) is 96.3 Å². The zero-order valence-corrected chi connectivity index (χ0v) is 37.8. The van der Waals surface area contributed by atoms with Crippen LogP contribution in [0.15, 0.2) is 109 Å². The van der Waals surface area contributed by atoms with Crippen molar-refractivity contribution in [3.63, 3.8) is 0 Å². The first-order chi connectivity index (χ1) is 28.7. The van der Waals surface area contributed by atoms with E-state index in [9.17, 15) is 15.0 Å². The average molecular weight is 802 g/mol. The molecule has 4 nitrogen and oxygen atoms in total. The lowest BCUT2D eigenvalue weighted by molar-refractivity contribution is -0.123. The molecule has 0 bridgehead atoms. The number of amides is 1. The van der Waals surface area contributed by atoms with Gasteiger partial charge in [0.05, 0.1) is 18.8 Å². The molecule has 2 unspecified atom stereocenters. The predicted octanol–water partition coefficient (Wildman–Crippen LogP) is 15.6. The second kappa shape index (κ2) is 48.4. The molecule has 0 heterocycles. The fraction of sp³-hybridized carbons (Fsp3) is 0.648. The second-order valence-electron chi connectivity index (χ2n) is 15.8. The molecular weight excluding hydrogens is 711 g/mol. The third-order valence-corrected chi connectivity index (χ3v) is 10.3. The van der Waals surface area contributed by atoms with Gasteiger partial charge in [0.25, 0.3) is 0 Å². The zero-order chi connectivity index (χ0) is 42.1. The number of allylic oxidation sites excluding steroid dienone is 17. The van der Waals surface area contributed by atoms with Crippen LogP contribution in [0.25, 0.3) is 0 Å². The van der Waals surface area contributed by atoms with Gasteiger partial charge in [-0.05, 0) is 83.5 Å². The largest absolute Gasteiger partial charge is 0.394 e.